The van der Waals surface area contributed by atoms with Gasteiger partial charge in [-0.25, -0.2) is 9.13 Å². The number of unbranched alkanes of at least 4 members (excludes halogenated alkanes) is 39. The summed E-state index contributed by atoms with van der Waals surface area (Å²) in [7, 11) is -9.93. The van der Waals surface area contributed by atoms with E-state index < -0.39 is 97.5 Å². The Labute approximate surface area is 592 Å². The Morgan fingerprint density at radius 2 is 0.557 bits per heavy atom. The van der Waals surface area contributed by atoms with Crippen LogP contribution in [-0.2, 0) is 65.4 Å². The predicted molar refractivity (Wildman–Crippen MR) is 395 cm³/mol. The van der Waals surface area contributed by atoms with Crippen molar-refractivity contribution in [3.8, 4) is 0 Å². The van der Waals surface area contributed by atoms with Gasteiger partial charge < -0.3 is 33.8 Å². The minimum Gasteiger partial charge on any atom is -0.462 e. The number of hydrogen-bond donors (Lipinski definition) is 3. The average molecular weight is 1420 g/mol. The van der Waals surface area contributed by atoms with Crippen molar-refractivity contribution in [2.45, 2.75) is 394 Å². The quantitative estimate of drug-likeness (QED) is 0.0169. The molecule has 0 aromatic rings. The van der Waals surface area contributed by atoms with Crippen LogP contribution < -0.4 is 0 Å². The Kier molecular flexibility index (Phi) is 66.3. The maximum Gasteiger partial charge on any atom is 0.472 e. The molecule has 572 valence electrons. The highest BCUT2D eigenvalue weighted by molar-refractivity contribution is 7.47. The van der Waals surface area contributed by atoms with E-state index in [4.69, 9.17) is 37.0 Å². The lowest BCUT2D eigenvalue weighted by molar-refractivity contribution is -0.161. The highest BCUT2D eigenvalue weighted by atomic mass is 31.2. The van der Waals surface area contributed by atoms with E-state index in [1.165, 1.54) is 161 Å². The third kappa shape index (κ3) is 71.7. The second-order valence-electron chi connectivity index (χ2n) is 28.8. The lowest BCUT2D eigenvalue weighted by Gasteiger charge is -2.21. The Bertz CT molecular complexity index is 1980. The van der Waals surface area contributed by atoms with Crippen LogP contribution in [0.15, 0.2) is 24.3 Å². The second-order valence-corrected chi connectivity index (χ2v) is 31.7. The number of aliphatic hydroxyl groups excluding tert-OH is 1. The van der Waals surface area contributed by atoms with Crippen LogP contribution in [0.4, 0.5) is 0 Å². The summed E-state index contributed by atoms with van der Waals surface area (Å²) in [5.74, 6) is 0.114. The van der Waals surface area contributed by atoms with E-state index in [0.29, 0.717) is 31.6 Å². The molecule has 0 aromatic heterocycles. The molecule has 0 spiro atoms. The molecule has 0 heterocycles. The fourth-order valence-electron chi connectivity index (χ4n) is 11.4. The van der Waals surface area contributed by atoms with Crippen molar-refractivity contribution < 1.29 is 80.2 Å². The number of phosphoric acid groups is 2. The van der Waals surface area contributed by atoms with E-state index in [1.54, 1.807) is 0 Å². The van der Waals surface area contributed by atoms with E-state index in [1.807, 2.05) is 0 Å². The van der Waals surface area contributed by atoms with Crippen molar-refractivity contribution in [3.63, 3.8) is 0 Å². The number of carbonyl (C=O) groups is 4. The van der Waals surface area contributed by atoms with E-state index >= 15 is 0 Å². The maximum absolute atomic E-state index is 13.1. The molecule has 0 radical (unpaired) electrons. The summed E-state index contributed by atoms with van der Waals surface area (Å²) >= 11 is 0. The minimum atomic E-state index is -4.96. The number of ether oxygens (including phenoxy) is 4. The third-order valence-corrected chi connectivity index (χ3v) is 19.4. The van der Waals surface area contributed by atoms with Crippen LogP contribution in [0.25, 0.3) is 0 Å². The summed E-state index contributed by atoms with van der Waals surface area (Å²) in [4.78, 5) is 72.8. The lowest BCUT2D eigenvalue weighted by Crippen LogP contribution is -2.30. The van der Waals surface area contributed by atoms with Crippen molar-refractivity contribution in [3.05, 3.63) is 24.3 Å². The molecule has 0 rings (SSSR count). The number of rotatable bonds is 74. The molecule has 0 amide bonds. The summed E-state index contributed by atoms with van der Waals surface area (Å²) in [5, 5.41) is 10.6. The van der Waals surface area contributed by atoms with Gasteiger partial charge in [-0.2, -0.15) is 0 Å². The third-order valence-electron chi connectivity index (χ3n) is 17.5. The zero-order chi connectivity index (χ0) is 71.6. The van der Waals surface area contributed by atoms with Crippen molar-refractivity contribution in [1.29, 1.82) is 0 Å². The molecule has 5 atom stereocenters. The van der Waals surface area contributed by atoms with Crippen LogP contribution in [0.5, 0.6) is 0 Å². The predicted octanol–water partition coefficient (Wildman–Crippen LogP) is 22.5. The molecule has 17 nitrogen and oxygen atoms in total. The van der Waals surface area contributed by atoms with E-state index in [-0.39, 0.29) is 25.7 Å². The lowest BCUT2D eigenvalue weighted by atomic mass is 10.0. The summed E-state index contributed by atoms with van der Waals surface area (Å²) in [6, 6.07) is 0. The topological polar surface area (TPSA) is 237 Å². The van der Waals surface area contributed by atoms with Gasteiger partial charge in [0.25, 0.3) is 0 Å². The molecule has 0 aliphatic rings. The molecular formula is C78H148O17P2. The van der Waals surface area contributed by atoms with Crippen molar-refractivity contribution in [1.82, 2.24) is 0 Å². The summed E-state index contributed by atoms with van der Waals surface area (Å²) < 4.78 is 68.5. The van der Waals surface area contributed by atoms with Gasteiger partial charge in [-0.3, -0.25) is 37.3 Å². The standard InChI is InChI=1S/C78H148O17P2/c1-8-9-10-11-12-13-14-15-18-22-25-31-38-45-52-59-75(80)88-65-73(94-78(83)62-55-48-40-33-28-27-30-36-43-50-57-70(4)5)67-92-96(84,85)90-63-72(79)64-91-97(86,87)93-68-74(66-89-76(81)60-53-46-41-34-37-44-51-58-71(6)7)95-77(82)61-54-47-39-32-26-23-20-17-16-19-21-24-29-35-42-49-56-69(2)3/h13-15,18,69-74,79H,8-12,16-17,19-68H2,1-7H3,(H,84,85)(H,86,87)/b14-13-,18-15-/t72?,73-,74-/m1/s1. The smallest absolute Gasteiger partial charge is 0.462 e. The molecule has 0 saturated heterocycles. The molecule has 0 aliphatic carbocycles. The van der Waals surface area contributed by atoms with Crippen LogP contribution in [0.1, 0.15) is 376 Å². The van der Waals surface area contributed by atoms with E-state index in [0.717, 1.165) is 127 Å². The van der Waals surface area contributed by atoms with Crippen molar-refractivity contribution in [2.75, 3.05) is 39.6 Å². The first kappa shape index (κ1) is 94.5. The fourth-order valence-corrected chi connectivity index (χ4v) is 13.0. The average Bonchev–Trinajstić information content (AvgIpc) is 1.28. The van der Waals surface area contributed by atoms with Crippen LogP contribution in [0.2, 0.25) is 0 Å². The first-order valence-electron chi connectivity index (χ1n) is 39.7. The number of hydrogen-bond acceptors (Lipinski definition) is 15. The van der Waals surface area contributed by atoms with Crippen molar-refractivity contribution >= 4 is 39.5 Å². The van der Waals surface area contributed by atoms with Gasteiger partial charge in [-0.1, -0.05) is 323 Å². The molecular weight excluding hydrogens is 1270 g/mol. The SMILES string of the molecule is CCCCCC/C=C\C=C/CCCCCCCC(=O)OC[C@H](COP(=O)(O)OCC(O)COP(=O)(O)OC[C@@H](COC(=O)CCCCCCCCCC(C)C)OC(=O)CCCCCCCCCCCCCCCCCCC(C)C)OC(=O)CCCCCCCCCCCCC(C)C. The summed E-state index contributed by atoms with van der Waals surface area (Å²) in [6.45, 7) is 11.8. The van der Waals surface area contributed by atoms with Crippen molar-refractivity contribution in [2.24, 2.45) is 17.8 Å². The van der Waals surface area contributed by atoms with Crippen LogP contribution in [0.3, 0.4) is 0 Å². The Morgan fingerprint density at radius 3 is 0.835 bits per heavy atom. The fraction of sp³-hybridized carbons (Fsp3) is 0.897. The Hall–Kier alpha value is -2.46. The molecule has 0 aromatic carbocycles. The highest BCUT2D eigenvalue weighted by Gasteiger charge is 2.30. The van der Waals surface area contributed by atoms with Gasteiger partial charge in [0.05, 0.1) is 26.4 Å². The second kappa shape index (κ2) is 68.0. The number of esters is 4. The monoisotopic (exact) mass is 1420 g/mol. The zero-order valence-electron chi connectivity index (χ0n) is 63.0. The largest absolute Gasteiger partial charge is 0.472 e. The van der Waals surface area contributed by atoms with Gasteiger partial charge in [0.15, 0.2) is 12.2 Å². The normalized spacial score (nSPS) is 14.2. The zero-order valence-corrected chi connectivity index (χ0v) is 64.8. The molecule has 0 saturated carbocycles. The van der Waals surface area contributed by atoms with E-state index in [2.05, 4.69) is 72.8 Å². The summed E-state index contributed by atoms with van der Waals surface area (Å²) in [5.41, 5.74) is 0. The van der Waals surface area contributed by atoms with E-state index in [9.17, 15) is 43.2 Å². The van der Waals surface area contributed by atoms with Gasteiger partial charge in [-0.05, 0) is 69.1 Å². The molecule has 3 unspecified atom stereocenters. The van der Waals surface area contributed by atoms with Gasteiger partial charge in [-0.15, -0.1) is 0 Å². The highest BCUT2D eigenvalue weighted by Crippen LogP contribution is 2.45. The van der Waals surface area contributed by atoms with Gasteiger partial charge in [0.2, 0.25) is 0 Å². The van der Waals surface area contributed by atoms with Crippen LogP contribution in [-0.4, -0.2) is 96.7 Å². The minimum absolute atomic E-state index is 0.0988. The van der Waals surface area contributed by atoms with Gasteiger partial charge in [0, 0.05) is 25.7 Å². The Morgan fingerprint density at radius 1 is 0.320 bits per heavy atom. The molecule has 0 bridgehead atoms. The first-order chi connectivity index (χ1) is 46.7. The first-order valence-corrected chi connectivity index (χ1v) is 42.7. The number of carbonyl (C=O) groups excluding carboxylic acids is 4. The van der Waals surface area contributed by atoms with Crippen LogP contribution >= 0.6 is 15.6 Å². The van der Waals surface area contributed by atoms with Gasteiger partial charge >= 0.3 is 39.5 Å². The molecule has 3 N–H and O–H groups in total. The number of allylic oxidation sites excluding steroid dienone is 4. The molecule has 97 heavy (non-hydrogen) atoms. The Balaban J connectivity index is 5.25. The number of aliphatic hydroxyl groups is 1. The summed E-state index contributed by atoms with van der Waals surface area (Å²) in [6.07, 6.45) is 57.8. The number of phosphoric ester groups is 2. The molecule has 0 aliphatic heterocycles. The maximum atomic E-state index is 13.1. The molecule has 19 heteroatoms. The molecule has 0 fully saturated rings. The van der Waals surface area contributed by atoms with Gasteiger partial charge in [0.1, 0.15) is 19.3 Å². The van der Waals surface area contributed by atoms with Crippen LogP contribution in [0, 0.1) is 17.8 Å².